The molecule has 0 N–H and O–H groups in total. The second kappa shape index (κ2) is 4.65. The molecule has 0 aliphatic heterocycles. The van der Waals surface area contributed by atoms with E-state index in [1.807, 2.05) is 6.92 Å². The average molecular weight is 259 g/mol. The Labute approximate surface area is 112 Å². The van der Waals surface area contributed by atoms with Crippen LogP contribution in [0.3, 0.4) is 0 Å². The van der Waals surface area contributed by atoms with E-state index in [-0.39, 0.29) is 5.78 Å². The van der Waals surface area contributed by atoms with E-state index >= 15 is 0 Å². The van der Waals surface area contributed by atoms with Gasteiger partial charge in [-0.2, -0.15) is 0 Å². The van der Waals surface area contributed by atoms with Gasteiger partial charge in [-0.3, -0.25) is 4.79 Å². The van der Waals surface area contributed by atoms with Crippen molar-refractivity contribution in [2.75, 3.05) is 0 Å². The summed E-state index contributed by atoms with van der Waals surface area (Å²) < 4.78 is 0. The van der Waals surface area contributed by atoms with Gasteiger partial charge in [-0.15, -0.1) is 11.3 Å². The first-order valence-corrected chi connectivity index (χ1v) is 6.78. The molecular formula is C15H17NOS. The maximum atomic E-state index is 11.4. The summed E-state index contributed by atoms with van der Waals surface area (Å²) in [4.78, 5) is 17.0. The zero-order chi connectivity index (χ0) is 13.4. The van der Waals surface area contributed by atoms with Crippen LogP contribution in [-0.4, -0.2) is 10.8 Å². The van der Waals surface area contributed by atoms with Gasteiger partial charge in [-0.1, -0.05) is 17.7 Å². The summed E-state index contributed by atoms with van der Waals surface area (Å²) in [7, 11) is 0. The number of aryl methyl sites for hydroxylation is 4. The van der Waals surface area contributed by atoms with E-state index < -0.39 is 0 Å². The Hall–Kier alpha value is -1.48. The quantitative estimate of drug-likeness (QED) is 0.755. The lowest BCUT2D eigenvalue weighted by molar-refractivity contribution is 0.101. The highest BCUT2D eigenvalue weighted by Gasteiger charge is 2.16. The maximum absolute atomic E-state index is 11.4. The molecule has 0 saturated heterocycles. The largest absolute Gasteiger partial charge is 0.292 e. The molecule has 0 aliphatic carbocycles. The van der Waals surface area contributed by atoms with Crippen LogP contribution in [0.4, 0.5) is 0 Å². The summed E-state index contributed by atoms with van der Waals surface area (Å²) in [5, 5.41) is 0.599. The molecule has 0 radical (unpaired) electrons. The summed E-state index contributed by atoms with van der Waals surface area (Å²) in [6, 6.07) is 4.32. The van der Waals surface area contributed by atoms with Crippen LogP contribution in [0.25, 0.3) is 11.3 Å². The van der Waals surface area contributed by atoms with E-state index in [9.17, 15) is 4.79 Å². The summed E-state index contributed by atoms with van der Waals surface area (Å²) in [6.07, 6.45) is 0. The number of nitrogens with zero attached hydrogens (tertiary/aromatic N) is 1. The minimum Gasteiger partial charge on any atom is -0.292 e. The normalized spacial score (nSPS) is 10.7. The number of hydrogen-bond donors (Lipinski definition) is 0. The van der Waals surface area contributed by atoms with Crippen molar-refractivity contribution in [3.8, 4) is 11.3 Å². The molecule has 0 aliphatic rings. The van der Waals surface area contributed by atoms with Gasteiger partial charge in [-0.05, 0) is 38.8 Å². The van der Waals surface area contributed by atoms with Gasteiger partial charge in [0.2, 0.25) is 0 Å². The summed E-state index contributed by atoms with van der Waals surface area (Å²) in [5.74, 6) is 0.0387. The number of Topliss-reactive ketones (excluding diaryl/α,β-unsaturated/α-hetero) is 1. The Bertz CT molecular complexity index is 602. The predicted molar refractivity (Wildman–Crippen MR) is 76.5 cm³/mol. The standard InChI is InChI=1S/C15H17NOS/c1-8-6-9(2)13(10(3)7-8)14-12(5)18-15(16-14)11(4)17/h6-7H,1-5H3. The van der Waals surface area contributed by atoms with Gasteiger partial charge < -0.3 is 0 Å². The lowest BCUT2D eigenvalue weighted by Gasteiger charge is -2.09. The molecule has 1 aromatic carbocycles. The number of carbonyl (C=O) groups is 1. The Morgan fingerprint density at radius 1 is 1.11 bits per heavy atom. The molecule has 0 spiro atoms. The third kappa shape index (κ3) is 2.23. The second-order valence-electron chi connectivity index (χ2n) is 4.75. The van der Waals surface area contributed by atoms with Gasteiger partial charge >= 0.3 is 0 Å². The molecule has 0 saturated carbocycles. The second-order valence-corrected chi connectivity index (χ2v) is 5.96. The number of ketones is 1. The van der Waals surface area contributed by atoms with Crippen molar-refractivity contribution in [3.05, 3.63) is 38.7 Å². The number of benzene rings is 1. The third-order valence-electron chi connectivity index (χ3n) is 3.01. The Morgan fingerprint density at radius 3 is 2.11 bits per heavy atom. The lowest BCUT2D eigenvalue weighted by atomic mass is 9.97. The third-order valence-corrected chi connectivity index (χ3v) is 4.08. The van der Waals surface area contributed by atoms with E-state index in [1.54, 1.807) is 6.92 Å². The highest BCUT2D eigenvalue weighted by Crippen LogP contribution is 2.33. The number of rotatable bonds is 2. The molecule has 3 heteroatoms. The van der Waals surface area contributed by atoms with Crippen LogP contribution < -0.4 is 0 Å². The Morgan fingerprint density at radius 2 is 1.67 bits per heavy atom. The van der Waals surface area contributed by atoms with Gasteiger partial charge in [0, 0.05) is 17.4 Å². The van der Waals surface area contributed by atoms with Crippen molar-refractivity contribution in [2.24, 2.45) is 0 Å². The van der Waals surface area contributed by atoms with E-state index in [0.717, 1.165) is 10.6 Å². The monoisotopic (exact) mass is 259 g/mol. The van der Waals surface area contributed by atoms with Gasteiger partial charge in [0.15, 0.2) is 10.8 Å². The minimum absolute atomic E-state index is 0.0387. The lowest BCUT2D eigenvalue weighted by Crippen LogP contribution is -1.94. The first kappa shape index (κ1) is 13.0. The fourth-order valence-electron chi connectivity index (χ4n) is 2.33. The molecule has 0 amide bonds. The molecule has 2 nitrogen and oxygen atoms in total. The first-order chi connectivity index (χ1) is 8.40. The van der Waals surface area contributed by atoms with Crippen molar-refractivity contribution in [3.63, 3.8) is 0 Å². The molecular weight excluding hydrogens is 242 g/mol. The topological polar surface area (TPSA) is 30.0 Å². The fourth-order valence-corrected chi connectivity index (χ4v) is 3.15. The molecule has 1 aromatic heterocycles. The summed E-state index contributed by atoms with van der Waals surface area (Å²) in [6.45, 7) is 9.89. The minimum atomic E-state index is 0.0387. The number of hydrogen-bond acceptors (Lipinski definition) is 3. The molecule has 0 unspecified atom stereocenters. The van der Waals surface area contributed by atoms with Gasteiger partial charge in [0.25, 0.3) is 0 Å². The van der Waals surface area contributed by atoms with Crippen LogP contribution in [0.15, 0.2) is 12.1 Å². The maximum Gasteiger partial charge on any atom is 0.188 e. The molecule has 94 valence electrons. The van der Waals surface area contributed by atoms with Crippen molar-refractivity contribution in [1.29, 1.82) is 0 Å². The van der Waals surface area contributed by atoms with E-state index in [0.29, 0.717) is 5.01 Å². The van der Waals surface area contributed by atoms with Crippen LogP contribution in [0, 0.1) is 27.7 Å². The van der Waals surface area contributed by atoms with Crippen LogP contribution in [-0.2, 0) is 0 Å². The summed E-state index contributed by atoms with van der Waals surface area (Å²) in [5.41, 5.74) is 5.82. The highest BCUT2D eigenvalue weighted by molar-refractivity contribution is 7.14. The Balaban J connectivity index is 2.66. The zero-order valence-corrected chi connectivity index (χ0v) is 12.2. The smallest absolute Gasteiger partial charge is 0.188 e. The molecule has 0 fully saturated rings. The van der Waals surface area contributed by atoms with Gasteiger partial charge in [0.1, 0.15) is 0 Å². The van der Waals surface area contributed by atoms with E-state index in [1.165, 1.54) is 33.6 Å². The van der Waals surface area contributed by atoms with E-state index in [4.69, 9.17) is 0 Å². The summed E-state index contributed by atoms with van der Waals surface area (Å²) >= 11 is 1.48. The fraction of sp³-hybridized carbons (Fsp3) is 0.333. The van der Waals surface area contributed by atoms with Crippen LogP contribution >= 0.6 is 11.3 Å². The first-order valence-electron chi connectivity index (χ1n) is 5.96. The predicted octanol–water partition coefficient (Wildman–Crippen LogP) is 4.25. The molecule has 1 heterocycles. The van der Waals surface area contributed by atoms with Crippen LogP contribution in [0.2, 0.25) is 0 Å². The molecule has 2 aromatic rings. The molecule has 18 heavy (non-hydrogen) atoms. The molecule has 0 bridgehead atoms. The van der Waals surface area contributed by atoms with Gasteiger partial charge in [-0.25, -0.2) is 4.98 Å². The van der Waals surface area contributed by atoms with Crippen molar-refractivity contribution in [1.82, 2.24) is 4.98 Å². The number of aromatic nitrogens is 1. The molecule has 2 rings (SSSR count). The number of thiazole rings is 1. The SMILES string of the molecule is CC(=O)c1nc(-c2c(C)cc(C)cc2C)c(C)s1. The zero-order valence-electron chi connectivity index (χ0n) is 11.4. The highest BCUT2D eigenvalue weighted by atomic mass is 32.1. The number of carbonyl (C=O) groups excluding carboxylic acids is 1. The molecule has 0 atom stereocenters. The van der Waals surface area contributed by atoms with Crippen molar-refractivity contribution < 1.29 is 4.79 Å². The van der Waals surface area contributed by atoms with Crippen LogP contribution in [0.5, 0.6) is 0 Å². The van der Waals surface area contributed by atoms with E-state index in [2.05, 4.69) is 37.9 Å². The van der Waals surface area contributed by atoms with Crippen molar-refractivity contribution >= 4 is 17.1 Å². The average Bonchev–Trinajstić information content (AvgIpc) is 2.59. The van der Waals surface area contributed by atoms with Crippen LogP contribution in [0.1, 0.15) is 38.3 Å². The Kier molecular flexibility index (Phi) is 3.35. The van der Waals surface area contributed by atoms with Gasteiger partial charge in [0.05, 0.1) is 5.69 Å². The van der Waals surface area contributed by atoms with Crippen molar-refractivity contribution in [2.45, 2.75) is 34.6 Å².